The molecule has 0 atom stereocenters. The molecule has 1 amide bonds. The van der Waals surface area contributed by atoms with Gasteiger partial charge < -0.3 is 19.9 Å². The summed E-state index contributed by atoms with van der Waals surface area (Å²) in [7, 11) is 0. The average Bonchev–Trinajstić information content (AvgIpc) is 2.53. The maximum absolute atomic E-state index is 11.4. The number of hydrogen-bond acceptors (Lipinski definition) is 7. The summed E-state index contributed by atoms with van der Waals surface area (Å²) in [5, 5.41) is 14.1. The third-order valence-corrected chi connectivity index (χ3v) is 2.45. The Morgan fingerprint density at radius 2 is 1.91 bits per heavy atom. The minimum absolute atomic E-state index is 0.0255. The van der Waals surface area contributed by atoms with Crippen LogP contribution >= 0.6 is 0 Å². The highest BCUT2D eigenvalue weighted by molar-refractivity contribution is 5.88. The Bertz CT molecular complexity index is 556. The number of aliphatic hydroxyl groups excluding tert-OH is 1. The molecule has 0 spiro atoms. The van der Waals surface area contributed by atoms with Gasteiger partial charge in [0.2, 0.25) is 5.70 Å². The predicted octanol–water partition coefficient (Wildman–Crippen LogP) is 2.01. The number of esters is 1. The Morgan fingerprint density at radius 3 is 2.50 bits per heavy atom. The van der Waals surface area contributed by atoms with Gasteiger partial charge in [-0.3, -0.25) is 0 Å². The Balaban J connectivity index is 2.48. The maximum atomic E-state index is 11.4. The van der Waals surface area contributed by atoms with Crippen molar-refractivity contribution in [3.63, 3.8) is 0 Å². The Labute approximate surface area is 126 Å². The van der Waals surface area contributed by atoms with E-state index in [1.54, 1.807) is 24.3 Å². The van der Waals surface area contributed by atoms with Crippen LogP contribution in [-0.2, 0) is 20.9 Å². The molecule has 0 aliphatic rings. The molecule has 22 heavy (non-hydrogen) atoms. The molecule has 0 saturated carbocycles. The number of carbonyl (C=O) groups excluding carboxylic acids is 2. The summed E-state index contributed by atoms with van der Waals surface area (Å²) in [6, 6.07) is 8.98. The van der Waals surface area contributed by atoms with E-state index in [0.29, 0.717) is 0 Å². The standard InChI is InChI=1S/C14H16N2O6/c1-2-21-13(18)12(16-20)11(17)8-15-14(19)22-9-10-6-4-3-5-7-10/h3-7,17H,2,8-9H2,1H3,(H,15,19). The molecule has 1 aromatic rings. The summed E-state index contributed by atoms with van der Waals surface area (Å²) < 4.78 is 9.42. The molecule has 0 saturated heterocycles. The fourth-order valence-corrected chi connectivity index (χ4v) is 1.42. The van der Waals surface area contributed by atoms with E-state index >= 15 is 0 Å². The lowest BCUT2D eigenvalue weighted by Crippen LogP contribution is -2.27. The molecule has 0 aromatic heterocycles. The second kappa shape index (κ2) is 9.11. The number of rotatable bonds is 7. The normalized spacial score (nSPS) is 11.1. The minimum atomic E-state index is -1.06. The van der Waals surface area contributed by atoms with E-state index in [1.807, 2.05) is 6.07 Å². The fraction of sp³-hybridized carbons (Fsp3) is 0.286. The van der Waals surface area contributed by atoms with Crippen molar-refractivity contribution in [2.45, 2.75) is 13.5 Å². The zero-order chi connectivity index (χ0) is 16.4. The van der Waals surface area contributed by atoms with Gasteiger partial charge in [-0.1, -0.05) is 30.3 Å². The number of aliphatic hydroxyl groups is 1. The first-order chi connectivity index (χ1) is 10.6. The lowest BCUT2D eigenvalue weighted by Gasteiger charge is -2.07. The van der Waals surface area contributed by atoms with Crippen molar-refractivity contribution < 1.29 is 24.2 Å². The monoisotopic (exact) mass is 308 g/mol. The lowest BCUT2D eigenvalue weighted by molar-refractivity contribution is -0.138. The van der Waals surface area contributed by atoms with Crippen LogP contribution in [-0.4, -0.2) is 30.3 Å². The van der Waals surface area contributed by atoms with Crippen LogP contribution in [0.1, 0.15) is 12.5 Å². The van der Waals surface area contributed by atoms with Crippen LogP contribution in [0.15, 0.2) is 47.0 Å². The van der Waals surface area contributed by atoms with Crippen molar-refractivity contribution in [2.24, 2.45) is 5.18 Å². The number of benzene rings is 1. The van der Waals surface area contributed by atoms with E-state index in [9.17, 15) is 19.6 Å². The average molecular weight is 308 g/mol. The molecule has 0 unspecified atom stereocenters. The molecule has 1 rings (SSSR count). The summed E-state index contributed by atoms with van der Waals surface area (Å²) in [5.41, 5.74) is 0.00407. The third kappa shape index (κ3) is 5.61. The summed E-state index contributed by atoms with van der Waals surface area (Å²) in [6.45, 7) is 1.13. The quantitative estimate of drug-likeness (QED) is 0.344. The SMILES string of the molecule is CCOC(=O)C(N=O)=C(O)CNC(=O)OCc1ccccc1. The van der Waals surface area contributed by atoms with Crippen molar-refractivity contribution in [1.82, 2.24) is 5.32 Å². The number of carbonyl (C=O) groups is 2. The van der Waals surface area contributed by atoms with E-state index in [4.69, 9.17) is 4.74 Å². The van der Waals surface area contributed by atoms with Crippen LogP contribution in [0.4, 0.5) is 4.79 Å². The molecular weight excluding hydrogens is 292 g/mol. The van der Waals surface area contributed by atoms with Gasteiger partial charge in [0, 0.05) is 0 Å². The van der Waals surface area contributed by atoms with Crippen LogP contribution in [0, 0.1) is 4.91 Å². The number of amides is 1. The Hall–Kier alpha value is -2.90. The Morgan fingerprint density at radius 1 is 1.23 bits per heavy atom. The molecule has 8 nitrogen and oxygen atoms in total. The van der Waals surface area contributed by atoms with Crippen molar-refractivity contribution in [1.29, 1.82) is 0 Å². The highest BCUT2D eigenvalue weighted by Crippen LogP contribution is 2.06. The van der Waals surface area contributed by atoms with Gasteiger partial charge in [0.05, 0.1) is 13.2 Å². The van der Waals surface area contributed by atoms with Crippen molar-refractivity contribution in [3.8, 4) is 0 Å². The molecule has 118 valence electrons. The highest BCUT2D eigenvalue weighted by atomic mass is 16.5. The van der Waals surface area contributed by atoms with E-state index in [0.717, 1.165) is 5.56 Å². The van der Waals surface area contributed by atoms with E-state index in [2.05, 4.69) is 15.2 Å². The van der Waals surface area contributed by atoms with Crippen LogP contribution in [0.3, 0.4) is 0 Å². The fourth-order valence-electron chi connectivity index (χ4n) is 1.42. The van der Waals surface area contributed by atoms with Crippen molar-refractivity contribution in [2.75, 3.05) is 13.2 Å². The molecule has 8 heteroatoms. The van der Waals surface area contributed by atoms with Gasteiger partial charge in [-0.2, -0.15) is 0 Å². The summed E-state index contributed by atoms with van der Waals surface area (Å²) in [6.07, 6.45) is -0.815. The first-order valence-corrected chi connectivity index (χ1v) is 6.45. The molecule has 0 aliphatic carbocycles. The number of ether oxygens (including phenoxy) is 2. The zero-order valence-electron chi connectivity index (χ0n) is 11.9. The summed E-state index contributed by atoms with van der Waals surface area (Å²) >= 11 is 0. The van der Waals surface area contributed by atoms with Gasteiger partial charge in [-0.25, -0.2) is 9.59 Å². The number of nitrogens with one attached hydrogen (secondary N) is 1. The molecular formula is C14H16N2O6. The van der Waals surface area contributed by atoms with Gasteiger partial charge in [0.1, 0.15) is 12.4 Å². The molecule has 1 aromatic carbocycles. The second-order valence-corrected chi connectivity index (χ2v) is 4.02. The zero-order valence-corrected chi connectivity index (χ0v) is 11.9. The molecule has 0 fully saturated rings. The first-order valence-electron chi connectivity index (χ1n) is 6.45. The van der Waals surface area contributed by atoms with E-state index in [-0.39, 0.29) is 13.2 Å². The number of hydrogen-bond donors (Lipinski definition) is 2. The molecule has 0 bridgehead atoms. The highest BCUT2D eigenvalue weighted by Gasteiger charge is 2.18. The topological polar surface area (TPSA) is 114 Å². The summed E-state index contributed by atoms with van der Waals surface area (Å²) in [4.78, 5) is 33.2. The molecule has 0 radical (unpaired) electrons. The van der Waals surface area contributed by atoms with Gasteiger partial charge in [0.15, 0.2) is 0 Å². The van der Waals surface area contributed by atoms with Gasteiger partial charge in [-0.15, -0.1) is 4.91 Å². The van der Waals surface area contributed by atoms with E-state index < -0.39 is 30.1 Å². The van der Waals surface area contributed by atoms with Crippen LogP contribution < -0.4 is 5.32 Å². The maximum Gasteiger partial charge on any atom is 0.407 e. The largest absolute Gasteiger partial charge is 0.508 e. The van der Waals surface area contributed by atoms with Crippen molar-refractivity contribution in [3.05, 3.63) is 52.3 Å². The van der Waals surface area contributed by atoms with E-state index in [1.165, 1.54) is 6.92 Å². The lowest BCUT2D eigenvalue weighted by atomic mass is 10.2. The molecule has 0 aliphatic heterocycles. The van der Waals surface area contributed by atoms with Gasteiger partial charge in [-0.05, 0) is 17.7 Å². The Kier molecular flexibility index (Phi) is 7.10. The molecule has 0 heterocycles. The smallest absolute Gasteiger partial charge is 0.407 e. The first kappa shape index (κ1) is 17.2. The predicted molar refractivity (Wildman–Crippen MR) is 76.7 cm³/mol. The number of alkyl carbamates (subject to hydrolysis) is 1. The van der Waals surface area contributed by atoms with Crippen LogP contribution in [0.2, 0.25) is 0 Å². The van der Waals surface area contributed by atoms with Gasteiger partial charge in [0.25, 0.3) is 0 Å². The van der Waals surface area contributed by atoms with Crippen molar-refractivity contribution >= 4 is 12.1 Å². The van der Waals surface area contributed by atoms with Gasteiger partial charge >= 0.3 is 12.1 Å². The van der Waals surface area contributed by atoms with Crippen LogP contribution in [0.25, 0.3) is 0 Å². The third-order valence-electron chi connectivity index (χ3n) is 2.45. The minimum Gasteiger partial charge on any atom is -0.508 e. The number of nitroso groups, excluding NO2 is 1. The summed E-state index contributed by atoms with van der Waals surface area (Å²) in [5.74, 6) is -1.76. The van der Waals surface area contributed by atoms with Crippen LogP contribution in [0.5, 0.6) is 0 Å². The number of nitrogens with zero attached hydrogens (tertiary/aromatic N) is 1. The molecule has 2 N–H and O–H groups in total. The second-order valence-electron chi connectivity index (χ2n) is 4.02.